The summed E-state index contributed by atoms with van der Waals surface area (Å²) in [5.41, 5.74) is 1.74. The van der Waals surface area contributed by atoms with Crippen molar-refractivity contribution in [1.82, 2.24) is 5.32 Å². The van der Waals surface area contributed by atoms with E-state index in [4.69, 9.17) is 4.74 Å². The van der Waals surface area contributed by atoms with Gasteiger partial charge in [-0.2, -0.15) is 0 Å². The van der Waals surface area contributed by atoms with Crippen molar-refractivity contribution in [2.45, 2.75) is 83.3 Å². The van der Waals surface area contributed by atoms with Crippen molar-refractivity contribution in [3.63, 3.8) is 0 Å². The lowest BCUT2D eigenvalue weighted by Gasteiger charge is -2.50. The van der Waals surface area contributed by atoms with E-state index in [9.17, 15) is 4.79 Å². The van der Waals surface area contributed by atoms with Gasteiger partial charge in [0.05, 0.1) is 5.92 Å². The molecule has 0 aromatic heterocycles. The second-order valence-electron chi connectivity index (χ2n) is 9.15. The van der Waals surface area contributed by atoms with Gasteiger partial charge in [-0.15, -0.1) is 0 Å². The van der Waals surface area contributed by atoms with Crippen LogP contribution in [-0.2, 0) is 9.53 Å². The fourth-order valence-electron chi connectivity index (χ4n) is 6.09. The van der Waals surface area contributed by atoms with Crippen LogP contribution in [0.2, 0.25) is 0 Å². The van der Waals surface area contributed by atoms with Gasteiger partial charge in [0.1, 0.15) is 6.10 Å². The van der Waals surface area contributed by atoms with Crippen LogP contribution in [0.5, 0.6) is 0 Å². The van der Waals surface area contributed by atoms with Gasteiger partial charge in [0.25, 0.3) is 0 Å². The predicted molar refractivity (Wildman–Crippen MR) is 95.6 cm³/mol. The maximum absolute atomic E-state index is 12.5. The number of allylic oxidation sites excluding steroid dienone is 1. The van der Waals surface area contributed by atoms with Gasteiger partial charge in [-0.3, -0.25) is 4.79 Å². The van der Waals surface area contributed by atoms with E-state index < -0.39 is 0 Å². The molecule has 0 aromatic rings. The van der Waals surface area contributed by atoms with Gasteiger partial charge in [-0.25, -0.2) is 0 Å². The summed E-state index contributed by atoms with van der Waals surface area (Å²) in [5, 5.41) is 3.70. The molecule has 1 aliphatic heterocycles. The number of carbonyl (C=O) groups excluding carboxylic acids is 1. The van der Waals surface area contributed by atoms with E-state index in [-0.39, 0.29) is 18.0 Å². The van der Waals surface area contributed by atoms with Gasteiger partial charge in [0.15, 0.2) is 0 Å². The molecule has 4 rings (SSSR count). The number of ether oxygens (including phenoxy) is 1. The molecule has 134 valence electrons. The minimum atomic E-state index is 0.0566. The van der Waals surface area contributed by atoms with Crippen LogP contribution in [0.25, 0.3) is 0 Å². The summed E-state index contributed by atoms with van der Waals surface area (Å²) in [6.07, 6.45) is 12.6. The van der Waals surface area contributed by atoms with Crippen LogP contribution < -0.4 is 5.32 Å². The van der Waals surface area contributed by atoms with Crippen molar-refractivity contribution < 1.29 is 9.53 Å². The van der Waals surface area contributed by atoms with E-state index in [0.29, 0.717) is 23.3 Å². The summed E-state index contributed by atoms with van der Waals surface area (Å²) in [6, 6.07) is 0.615. The number of fused-ring (bicyclic) bond motifs is 2. The highest BCUT2D eigenvalue weighted by Crippen LogP contribution is 2.56. The van der Waals surface area contributed by atoms with Crippen molar-refractivity contribution in [2.24, 2.45) is 23.2 Å². The standard InChI is InChI=1S/C21H33NO2/c1-14-7-6-10-21(2)12-19-16(11-18(14)21)17(20(23)24-19)13-22-15-8-4-3-5-9-15/h15-19,22H,1,3-13H2,2H3/t16-,17-,18+,19-,21-/m1/s1. The number of hydrogen-bond acceptors (Lipinski definition) is 3. The van der Waals surface area contributed by atoms with Crippen molar-refractivity contribution in [1.29, 1.82) is 0 Å². The number of hydrogen-bond donors (Lipinski definition) is 1. The minimum Gasteiger partial charge on any atom is -0.462 e. The molecule has 5 atom stereocenters. The zero-order valence-corrected chi connectivity index (χ0v) is 15.2. The fourth-order valence-corrected chi connectivity index (χ4v) is 6.09. The van der Waals surface area contributed by atoms with Crippen LogP contribution in [0.15, 0.2) is 12.2 Å². The molecule has 4 aliphatic rings. The smallest absolute Gasteiger partial charge is 0.310 e. The van der Waals surface area contributed by atoms with Gasteiger partial charge in [0, 0.05) is 18.5 Å². The molecule has 0 amide bonds. The first kappa shape index (κ1) is 16.6. The number of esters is 1. The molecule has 4 fully saturated rings. The Balaban J connectivity index is 1.43. The summed E-state index contributed by atoms with van der Waals surface area (Å²) in [4.78, 5) is 12.5. The molecule has 0 unspecified atom stereocenters. The Bertz CT molecular complexity index is 510. The Morgan fingerprint density at radius 3 is 2.83 bits per heavy atom. The summed E-state index contributed by atoms with van der Waals surface area (Å²) < 4.78 is 5.86. The van der Waals surface area contributed by atoms with E-state index in [0.717, 1.165) is 19.4 Å². The average molecular weight is 332 g/mol. The molecule has 3 saturated carbocycles. The van der Waals surface area contributed by atoms with E-state index in [1.165, 1.54) is 56.9 Å². The highest BCUT2D eigenvalue weighted by Gasteiger charge is 2.54. The molecule has 0 aromatic carbocycles. The zero-order valence-electron chi connectivity index (χ0n) is 15.2. The predicted octanol–water partition coefficient (Wildman–Crippen LogP) is 4.22. The molecule has 3 aliphatic carbocycles. The Morgan fingerprint density at radius 1 is 1.25 bits per heavy atom. The van der Waals surface area contributed by atoms with Crippen LogP contribution in [0, 0.1) is 23.2 Å². The molecule has 24 heavy (non-hydrogen) atoms. The molecular formula is C21H33NO2. The average Bonchev–Trinajstić information content (AvgIpc) is 2.86. The SMILES string of the molecule is C=C1CCC[C@]2(C)C[C@H]3OC(=O)[C@H](CNC4CCCCC4)[C@H]3C[C@@H]12. The van der Waals surface area contributed by atoms with E-state index in [1.807, 2.05) is 0 Å². The molecule has 1 saturated heterocycles. The third-order valence-corrected chi connectivity index (χ3v) is 7.55. The largest absolute Gasteiger partial charge is 0.462 e. The molecule has 1 N–H and O–H groups in total. The quantitative estimate of drug-likeness (QED) is 0.621. The molecule has 0 spiro atoms. The Kier molecular flexibility index (Phi) is 4.49. The lowest BCUT2D eigenvalue weighted by Crippen LogP contribution is -2.46. The third kappa shape index (κ3) is 2.94. The fraction of sp³-hybridized carbons (Fsp3) is 0.857. The van der Waals surface area contributed by atoms with Gasteiger partial charge < -0.3 is 10.1 Å². The second kappa shape index (κ2) is 6.48. The lowest BCUT2D eigenvalue weighted by atomic mass is 9.55. The number of nitrogens with one attached hydrogen (secondary N) is 1. The molecule has 0 radical (unpaired) electrons. The van der Waals surface area contributed by atoms with Crippen molar-refractivity contribution >= 4 is 5.97 Å². The summed E-state index contributed by atoms with van der Waals surface area (Å²) in [6.45, 7) is 7.60. The first-order valence-corrected chi connectivity index (χ1v) is 10.2. The Hall–Kier alpha value is -0.830. The highest BCUT2D eigenvalue weighted by molar-refractivity contribution is 5.75. The van der Waals surface area contributed by atoms with Gasteiger partial charge in [-0.05, 0) is 56.3 Å². The summed E-state index contributed by atoms with van der Waals surface area (Å²) >= 11 is 0. The minimum absolute atomic E-state index is 0.0566. The van der Waals surface area contributed by atoms with Crippen LogP contribution in [0.1, 0.15) is 71.1 Å². The lowest BCUT2D eigenvalue weighted by molar-refractivity contribution is -0.146. The normalized spacial score (nSPS) is 43.2. The maximum Gasteiger partial charge on any atom is 0.310 e. The van der Waals surface area contributed by atoms with Crippen LogP contribution in [0.3, 0.4) is 0 Å². The first-order valence-electron chi connectivity index (χ1n) is 10.2. The molecule has 0 bridgehead atoms. The van der Waals surface area contributed by atoms with Gasteiger partial charge in [-0.1, -0.05) is 38.3 Å². The molecular weight excluding hydrogens is 298 g/mol. The Morgan fingerprint density at radius 2 is 2.04 bits per heavy atom. The highest BCUT2D eigenvalue weighted by atomic mass is 16.6. The van der Waals surface area contributed by atoms with E-state index >= 15 is 0 Å². The Labute approximate surface area is 146 Å². The molecule has 3 nitrogen and oxygen atoms in total. The second-order valence-corrected chi connectivity index (χ2v) is 9.15. The maximum atomic E-state index is 12.5. The number of carbonyl (C=O) groups is 1. The summed E-state index contributed by atoms with van der Waals surface area (Å²) in [5.74, 6) is 1.12. The third-order valence-electron chi connectivity index (χ3n) is 7.55. The van der Waals surface area contributed by atoms with Crippen molar-refractivity contribution in [3.05, 3.63) is 12.2 Å². The summed E-state index contributed by atoms with van der Waals surface area (Å²) in [7, 11) is 0. The van der Waals surface area contributed by atoms with E-state index in [1.54, 1.807) is 0 Å². The van der Waals surface area contributed by atoms with E-state index in [2.05, 4.69) is 18.8 Å². The van der Waals surface area contributed by atoms with Gasteiger partial charge in [0.2, 0.25) is 0 Å². The zero-order chi connectivity index (χ0) is 16.7. The first-order chi connectivity index (χ1) is 11.6. The molecule has 1 heterocycles. The van der Waals surface area contributed by atoms with Crippen molar-refractivity contribution in [3.8, 4) is 0 Å². The number of rotatable bonds is 3. The van der Waals surface area contributed by atoms with Crippen LogP contribution in [-0.4, -0.2) is 24.7 Å². The molecule has 3 heteroatoms. The topological polar surface area (TPSA) is 38.3 Å². The van der Waals surface area contributed by atoms with Crippen molar-refractivity contribution in [2.75, 3.05) is 6.54 Å². The monoisotopic (exact) mass is 331 g/mol. The van der Waals surface area contributed by atoms with Gasteiger partial charge >= 0.3 is 5.97 Å². The van der Waals surface area contributed by atoms with Crippen LogP contribution in [0.4, 0.5) is 0 Å². The van der Waals surface area contributed by atoms with Crippen LogP contribution >= 0.6 is 0 Å².